The lowest BCUT2D eigenvalue weighted by Gasteiger charge is -2.25. The molecule has 0 amide bonds. The summed E-state index contributed by atoms with van der Waals surface area (Å²) in [4.78, 5) is 10.5. The first-order valence-electron chi connectivity index (χ1n) is 7.97. The lowest BCUT2D eigenvalue weighted by Crippen LogP contribution is -2.25. The number of benzene rings is 2. The summed E-state index contributed by atoms with van der Waals surface area (Å²) in [5, 5.41) is 19.6. The molecule has 0 N–H and O–H groups in total. The summed E-state index contributed by atoms with van der Waals surface area (Å²) in [7, 11) is 0. The fourth-order valence-electron chi connectivity index (χ4n) is 3.18. The number of ether oxygens (including phenoxy) is 1. The van der Waals surface area contributed by atoms with Crippen molar-refractivity contribution >= 4 is 5.69 Å². The number of fused-ring (bicyclic) bond motifs is 1. The first-order chi connectivity index (χ1) is 12.1. The van der Waals surface area contributed by atoms with Gasteiger partial charge in [0.05, 0.1) is 23.8 Å². The van der Waals surface area contributed by atoms with Gasteiger partial charge in [-0.3, -0.25) is 10.1 Å². The van der Waals surface area contributed by atoms with Crippen molar-refractivity contribution in [3.63, 3.8) is 0 Å². The second-order valence-electron chi connectivity index (χ2n) is 6.03. The Balaban J connectivity index is 1.77. The van der Waals surface area contributed by atoms with Crippen molar-refractivity contribution in [1.82, 2.24) is 15.0 Å². The molecular formula is C18H16N4O3. The molecule has 0 radical (unpaired) electrons. The summed E-state index contributed by atoms with van der Waals surface area (Å²) in [5.41, 5.74) is 4.41. The molecule has 1 aliphatic heterocycles. The van der Waals surface area contributed by atoms with Crippen LogP contribution in [0.25, 0.3) is 11.3 Å². The molecule has 1 aromatic heterocycles. The molecule has 7 heteroatoms. The Hall–Kier alpha value is -3.06. The van der Waals surface area contributed by atoms with E-state index < -0.39 is 4.92 Å². The van der Waals surface area contributed by atoms with Crippen LogP contribution in [0.3, 0.4) is 0 Å². The van der Waals surface area contributed by atoms with Gasteiger partial charge in [0, 0.05) is 17.7 Å². The van der Waals surface area contributed by atoms with E-state index in [4.69, 9.17) is 4.74 Å². The molecule has 3 aromatic rings. The van der Waals surface area contributed by atoms with E-state index in [-0.39, 0.29) is 11.7 Å². The second-order valence-corrected chi connectivity index (χ2v) is 6.03. The minimum absolute atomic E-state index is 0.0236. The maximum atomic E-state index is 10.9. The van der Waals surface area contributed by atoms with E-state index in [0.29, 0.717) is 18.9 Å². The molecule has 0 saturated heterocycles. The summed E-state index contributed by atoms with van der Waals surface area (Å²) in [6, 6.07) is 14.8. The van der Waals surface area contributed by atoms with E-state index in [0.717, 1.165) is 22.4 Å². The van der Waals surface area contributed by atoms with Gasteiger partial charge in [-0.1, -0.05) is 35.5 Å². The normalized spacial score (nSPS) is 16.4. The summed E-state index contributed by atoms with van der Waals surface area (Å²) >= 11 is 0. The molecule has 2 heterocycles. The van der Waals surface area contributed by atoms with Crippen LogP contribution >= 0.6 is 0 Å². The quantitative estimate of drug-likeness (QED) is 0.541. The molecule has 2 aromatic carbocycles. The van der Waals surface area contributed by atoms with Gasteiger partial charge in [0.1, 0.15) is 11.7 Å². The molecule has 1 unspecified atom stereocenters. The van der Waals surface area contributed by atoms with Gasteiger partial charge in [0.2, 0.25) is 0 Å². The van der Waals surface area contributed by atoms with Gasteiger partial charge < -0.3 is 4.74 Å². The molecule has 0 saturated carbocycles. The third-order valence-electron chi connectivity index (χ3n) is 4.46. The van der Waals surface area contributed by atoms with Crippen LogP contribution < -0.4 is 0 Å². The standard InChI is InChI=1S/C18H16N4O3/c1-12-9-14(22(23)24)7-8-15(12)18-17-11-25-10-16(21(17)20-19-18)13-5-3-2-4-6-13/h2-9,16H,10-11H2,1H3. The van der Waals surface area contributed by atoms with Crippen LogP contribution in [0.15, 0.2) is 48.5 Å². The number of aryl methyl sites for hydroxylation is 1. The van der Waals surface area contributed by atoms with Crippen molar-refractivity contribution in [3.05, 3.63) is 75.5 Å². The van der Waals surface area contributed by atoms with Crippen molar-refractivity contribution in [3.8, 4) is 11.3 Å². The summed E-state index contributed by atoms with van der Waals surface area (Å²) in [6.07, 6.45) is 0. The molecule has 1 aliphatic rings. The van der Waals surface area contributed by atoms with Crippen molar-refractivity contribution in [2.24, 2.45) is 0 Å². The van der Waals surface area contributed by atoms with E-state index in [1.807, 2.05) is 41.9 Å². The smallest absolute Gasteiger partial charge is 0.269 e. The molecular weight excluding hydrogens is 320 g/mol. The molecule has 4 rings (SSSR count). The van der Waals surface area contributed by atoms with Crippen LogP contribution in [0.4, 0.5) is 5.69 Å². The zero-order valence-corrected chi connectivity index (χ0v) is 13.6. The minimum Gasteiger partial charge on any atom is -0.372 e. The first-order valence-corrected chi connectivity index (χ1v) is 7.97. The van der Waals surface area contributed by atoms with Crippen LogP contribution in [0.1, 0.15) is 22.9 Å². The number of non-ortho nitro benzene ring substituents is 1. The molecule has 0 bridgehead atoms. The predicted octanol–water partition coefficient (Wildman–Crippen LogP) is 3.28. The molecule has 0 fully saturated rings. The van der Waals surface area contributed by atoms with Crippen LogP contribution in [0, 0.1) is 17.0 Å². The number of rotatable bonds is 3. The molecule has 0 spiro atoms. The zero-order chi connectivity index (χ0) is 17.4. The summed E-state index contributed by atoms with van der Waals surface area (Å²) in [5.74, 6) is 0. The fourth-order valence-corrected chi connectivity index (χ4v) is 3.18. The lowest BCUT2D eigenvalue weighted by molar-refractivity contribution is -0.384. The maximum Gasteiger partial charge on any atom is 0.269 e. The van der Waals surface area contributed by atoms with Gasteiger partial charge in [0.15, 0.2) is 0 Å². The Morgan fingerprint density at radius 1 is 1.24 bits per heavy atom. The van der Waals surface area contributed by atoms with E-state index in [1.54, 1.807) is 12.1 Å². The van der Waals surface area contributed by atoms with Gasteiger partial charge >= 0.3 is 0 Å². The van der Waals surface area contributed by atoms with Crippen LogP contribution in [0.2, 0.25) is 0 Å². The molecule has 25 heavy (non-hydrogen) atoms. The van der Waals surface area contributed by atoms with Crippen LogP contribution in [-0.2, 0) is 11.3 Å². The highest BCUT2D eigenvalue weighted by atomic mass is 16.6. The Labute approximate surface area is 144 Å². The van der Waals surface area contributed by atoms with Crippen molar-refractivity contribution in [2.75, 3.05) is 6.61 Å². The topological polar surface area (TPSA) is 83.1 Å². The van der Waals surface area contributed by atoms with Gasteiger partial charge in [0.25, 0.3) is 5.69 Å². The Kier molecular flexibility index (Phi) is 3.77. The maximum absolute atomic E-state index is 10.9. The third kappa shape index (κ3) is 2.68. The van der Waals surface area contributed by atoms with E-state index in [1.165, 1.54) is 6.07 Å². The number of hydrogen-bond acceptors (Lipinski definition) is 5. The van der Waals surface area contributed by atoms with E-state index in [9.17, 15) is 10.1 Å². The Morgan fingerprint density at radius 2 is 2.04 bits per heavy atom. The average molecular weight is 336 g/mol. The highest BCUT2D eigenvalue weighted by Gasteiger charge is 2.27. The van der Waals surface area contributed by atoms with Gasteiger partial charge in [-0.05, 0) is 24.1 Å². The number of nitro benzene ring substituents is 1. The molecule has 0 aliphatic carbocycles. The van der Waals surface area contributed by atoms with Crippen LogP contribution in [0.5, 0.6) is 0 Å². The second kappa shape index (κ2) is 6.10. The Morgan fingerprint density at radius 3 is 2.76 bits per heavy atom. The summed E-state index contributed by atoms with van der Waals surface area (Å²) in [6.45, 7) is 2.80. The van der Waals surface area contributed by atoms with Crippen molar-refractivity contribution in [1.29, 1.82) is 0 Å². The van der Waals surface area contributed by atoms with Gasteiger partial charge in [-0.15, -0.1) is 5.10 Å². The molecule has 1 atom stereocenters. The van der Waals surface area contributed by atoms with Gasteiger partial charge in [-0.2, -0.15) is 0 Å². The Bertz CT molecular complexity index is 937. The number of nitrogens with zero attached hydrogens (tertiary/aromatic N) is 4. The zero-order valence-electron chi connectivity index (χ0n) is 13.6. The average Bonchev–Trinajstić information content (AvgIpc) is 3.06. The largest absolute Gasteiger partial charge is 0.372 e. The third-order valence-corrected chi connectivity index (χ3v) is 4.46. The minimum atomic E-state index is -0.397. The first kappa shape index (κ1) is 15.5. The van der Waals surface area contributed by atoms with Crippen molar-refractivity contribution in [2.45, 2.75) is 19.6 Å². The van der Waals surface area contributed by atoms with Crippen molar-refractivity contribution < 1.29 is 9.66 Å². The highest BCUT2D eigenvalue weighted by Crippen LogP contribution is 2.32. The van der Waals surface area contributed by atoms with Crippen LogP contribution in [-0.4, -0.2) is 26.5 Å². The fraction of sp³-hybridized carbons (Fsp3) is 0.222. The predicted molar refractivity (Wildman–Crippen MR) is 91.1 cm³/mol. The number of aromatic nitrogens is 3. The monoisotopic (exact) mass is 336 g/mol. The summed E-state index contributed by atoms with van der Waals surface area (Å²) < 4.78 is 7.67. The molecule has 126 valence electrons. The lowest BCUT2D eigenvalue weighted by atomic mass is 10.0. The molecule has 7 nitrogen and oxygen atoms in total. The number of hydrogen-bond donors (Lipinski definition) is 0. The van der Waals surface area contributed by atoms with Gasteiger partial charge in [-0.25, -0.2) is 4.68 Å². The number of nitro groups is 1. The van der Waals surface area contributed by atoms with E-state index in [2.05, 4.69) is 10.3 Å². The van der Waals surface area contributed by atoms with E-state index >= 15 is 0 Å². The highest BCUT2D eigenvalue weighted by molar-refractivity contribution is 5.67. The SMILES string of the molecule is Cc1cc([N+](=O)[O-])ccc1-c1nnn2c1COCC2c1ccccc1.